The first-order valence-electron chi connectivity index (χ1n) is 9.22. The van der Waals surface area contributed by atoms with Gasteiger partial charge in [-0.25, -0.2) is 0 Å². The maximum Gasteiger partial charge on any atom is 0.233 e. The Balaban J connectivity index is 1.85. The summed E-state index contributed by atoms with van der Waals surface area (Å²) in [5.41, 5.74) is 0.892. The monoisotopic (exact) mass is 417 g/mol. The van der Waals surface area contributed by atoms with Crippen molar-refractivity contribution >= 4 is 35.2 Å². The minimum Gasteiger partial charge on any atom is -0.341 e. The van der Waals surface area contributed by atoms with Crippen LogP contribution < -0.4 is 4.90 Å². The number of hydrogen-bond acceptors (Lipinski definition) is 5. The summed E-state index contributed by atoms with van der Waals surface area (Å²) in [6.45, 7) is 10.3. The molecule has 1 saturated heterocycles. The van der Waals surface area contributed by atoms with Gasteiger partial charge in [-0.3, -0.25) is 9.36 Å². The fourth-order valence-corrected chi connectivity index (χ4v) is 4.16. The summed E-state index contributed by atoms with van der Waals surface area (Å²) in [5, 5.41) is 10.1. The third kappa shape index (κ3) is 4.77. The minimum atomic E-state index is 0.00756. The number of halogens is 1. The first-order valence-corrected chi connectivity index (χ1v) is 10.6. The van der Waals surface area contributed by atoms with Gasteiger partial charge in [-0.1, -0.05) is 41.6 Å². The standard InChI is InChI=1S/C20H24ClN5OS/c1-3-10-24(11-4-2)18(27)15-28-20-23-22-19(25-12-5-6-13-25)26(20)17-9-7-8-16(21)14-17/h3-4,7-9,14H,1-2,5-6,10-13,15H2. The van der Waals surface area contributed by atoms with Gasteiger partial charge in [0.15, 0.2) is 5.16 Å². The Kier molecular flexibility index (Phi) is 7.17. The van der Waals surface area contributed by atoms with Crippen LogP contribution in [-0.4, -0.2) is 57.5 Å². The molecule has 1 amide bonds. The fourth-order valence-electron chi connectivity index (χ4n) is 3.13. The number of rotatable bonds is 9. The first kappa shape index (κ1) is 20.5. The lowest BCUT2D eigenvalue weighted by Gasteiger charge is -2.20. The lowest BCUT2D eigenvalue weighted by atomic mass is 10.3. The Labute approximate surface area is 174 Å². The number of aromatic nitrogens is 3. The van der Waals surface area contributed by atoms with Crippen molar-refractivity contribution in [2.24, 2.45) is 0 Å². The molecule has 8 heteroatoms. The van der Waals surface area contributed by atoms with Crippen molar-refractivity contribution in [1.29, 1.82) is 0 Å². The fraction of sp³-hybridized carbons (Fsp3) is 0.350. The SMILES string of the molecule is C=CCN(CC=C)C(=O)CSc1nnc(N2CCCC2)n1-c1cccc(Cl)c1. The van der Waals surface area contributed by atoms with Crippen LogP contribution in [0.2, 0.25) is 5.02 Å². The van der Waals surface area contributed by atoms with Crippen LogP contribution in [0.1, 0.15) is 12.8 Å². The molecule has 0 bridgehead atoms. The van der Waals surface area contributed by atoms with Crippen LogP contribution in [0.5, 0.6) is 0 Å². The number of nitrogens with zero attached hydrogens (tertiary/aromatic N) is 5. The van der Waals surface area contributed by atoms with Crippen LogP contribution in [0, 0.1) is 0 Å². The van der Waals surface area contributed by atoms with Crippen molar-refractivity contribution in [2.75, 3.05) is 36.8 Å². The summed E-state index contributed by atoms with van der Waals surface area (Å²) in [7, 11) is 0. The van der Waals surface area contributed by atoms with Crippen molar-refractivity contribution in [3.05, 3.63) is 54.6 Å². The Morgan fingerprint density at radius 2 is 1.93 bits per heavy atom. The summed E-state index contributed by atoms with van der Waals surface area (Å²) in [6.07, 6.45) is 5.71. The Morgan fingerprint density at radius 3 is 2.57 bits per heavy atom. The molecule has 2 heterocycles. The van der Waals surface area contributed by atoms with Crippen LogP contribution in [0.15, 0.2) is 54.7 Å². The highest BCUT2D eigenvalue weighted by Gasteiger charge is 2.23. The van der Waals surface area contributed by atoms with Gasteiger partial charge in [-0.2, -0.15) is 0 Å². The van der Waals surface area contributed by atoms with E-state index in [-0.39, 0.29) is 11.7 Å². The van der Waals surface area contributed by atoms with Gasteiger partial charge < -0.3 is 9.80 Å². The predicted octanol–water partition coefficient (Wildman–Crippen LogP) is 3.81. The summed E-state index contributed by atoms with van der Waals surface area (Å²) in [6, 6.07) is 7.60. The lowest BCUT2D eigenvalue weighted by Crippen LogP contribution is -2.32. The summed E-state index contributed by atoms with van der Waals surface area (Å²) in [4.78, 5) is 16.5. The molecule has 1 aliphatic heterocycles. The van der Waals surface area contributed by atoms with Gasteiger partial charge in [0.2, 0.25) is 11.9 Å². The third-order valence-electron chi connectivity index (χ3n) is 4.45. The molecule has 0 radical (unpaired) electrons. The molecular formula is C20H24ClN5OS. The molecule has 1 fully saturated rings. The van der Waals surface area contributed by atoms with Crippen LogP contribution in [-0.2, 0) is 4.79 Å². The zero-order valence-electron chi connectivity index (χ0n) is 15.8. The highest BCUT2D eigenvalue weighted by Crippen LogP contribution is 2.29. The Bertz CT molecular complexity index is 837. The van der Waals surface area contributed by atoms with Crippen molar-refractivity contribution < 1.29 is 4.79 Å². The second-order valence-corrected chi connectivity index (χ2v) is 7.84. The van der Waals surface area contributed by atoms with Crippen molar-refractivity contribution in [1.82, 2.24) is 19.7 Å². The highest BCUT2D eigenvalue weighted by atomic mass is 35.5. The van der Waals surface area contributed by atoms with Crippen LogP contribution >= 0.6 is 23.4 Å². The first-order chi connectivity index (χ1) is 13.6. The molecular weight excluding hydrogens is 394 g/mol. The molecule has 0 aliphatic carbocycles. The molecule has 6 nitrogen and oxygen atoms in total. The van der Waals surface area contributed by atoms with E-state index in [0.717, 1.165) is 37.6 Å². The van der Waals surface area contributed by atoms with Crippen molar-refractivity contribution in [3.63, 3.8) is 0 Å². The molecule has 0 N–H and O–H groups in total. The normalized spacial score (nSPS) is 13.5. The second-order valence-electron chi connectivity index (χ2n) is 6.46. The van der Waals surface area contributed by atoms with E-state index in [9.17, 15) is 4.79 Å². The molecule has 0 spiro atoms. The molecule has 0 unspecified atom stereocenters. The van der Waals surface area contributed by atoms with E-state index < -0.39 is 0 Å². The van der Waals surface area contributed by atoms with Gasteiger partial charge in [0.05, 0.1) is 11.4 Å². The number of carbonyl (C=O) groups is 1. The number of hydrogen-bond donors (Lipinski definition) is 0. The van der Waals surface area contributed by atoms with Gasteiger partial charge in [-0.05, 0) is 31.0 Å². The van der Waals surface area contributed by atoms with E-state index in [0.29, 0.717) is 23.3 Å². The van der Waals surface area contributed by atoms with E-state index >= 15 is 0 Å². The maximum absolute atomic E-state index is 12.6. The number of amides is 1. The average molecular weight is 418 g/mol. The molecule has 1 aromatic carbocycles. The smallest absolute Gasteiger partial charge is 0.233 e. The zero-order valence-corrected chi connectivity index (χ0v) is 17.3. The Morgan fingerprint density at radius 1 is 1.21 bits per heavy atom. The van der Waals surface area contributed by atoms with Crippen LogP contribution in [0.25, 0.3) is 5.69 Å². The quantitative estimate of drug-likeness (QED) is 0.458. The van der Waals surface area contributed by atoms with Gasteiger partial charge in [0, 0.05) is 31.2 Å². The van der Waals surface area contributed by atoms with E-state index in [1.165, 1.54) is 11.8 Å². The van der Waals surface area contributed by atoms with Gasteiger partial charge in [0.25, 0.3) is 0 Å². The number of thioether (sulfide) groups is 1. The summed E-state index contributed by atoms with van der Waals surface area (Å²) >= 11 is 7.59. The average Bonchev–Trinajstić information content (AvgIpc) is 3.35. The van der Waals surface area contributed by atoms with Crippen LogP contribution in [0.4, 0.5) is 5.95 Å². The second kappa shape index (κ2) is 9.80. The number of anilines is 1. The topological polar surface area (TPSA) is 54.3 Å². The molecule has 0 saturated carbocycles. The van der Waals surface area contributed by atoms with Gasteiger partial charge in [0.1, 0.15) is 0 Å². The highest BCUT2D eigenvalue weighted by molar-refractivity contribution is 7.99. The molecule has 0 atom stereocenters. The molecule has 3 rings (SSSR count). The van der Waals surface area contributed by atoms with E-state index in [1.807, 2.05) is 28.8 Å². The van der Waals surface area contributed by atoms with Crippen LogP contribution in [0.3, 0.4) is 0 Å². The molecule has 28 heavy (non-hydrogen) atoms. The van der Waals surface area contributed by atoms with Gasteiger partial charge in [-0.15, -0.1) is 23.4 Å². The van der Waals surface area contributed by atoms with E-state index in [4.69, 9.17) is 11.6 Å². The largest absolute Gasteiger partial charge is 0.341 e. The van der Waals surface area contributed by atoms with Crippen molar-refractivity contribution in [3.8, 4) is 5.69 Å². The minimum absolute atomic E-state index is 0.00756. The molecule has 1 aromatic heterocycles. The zero-order chi connectivity index (χ0) is 19.9. The van der Waals surface area contributed by atoms with E-state index in [2.05, 4.69) is 28.3 Å². The Hall–Kier alpha value is -2.25. The maximum atomic E-state index is 12.6. The lowest BCUT2D eigenvalue weighted by molar-refractivity contribution is -0.127. The van der Waals surface area contributed by atoms with Crippen molar-refractivity contribution in [2.45, 2.75) is 18.0 Å². The molecule has 1 aliphatic rings. The molecule has 2 aromatic rings. The predicted molar refractivity (Wildman–Crippen MR) is 116 cm³/mol. The number of carbonyl (C=O) groups excluding carboxylic acids is 1. The summed E-state index contributed by atoms with van der Waals surface area (Å²) < 4.78 is 1.99. The number of benzene rings is 1. The van der Waals surface area contributed by atoms with Gasteiger partial charge >= 0.3 is 0 Å². The summed E-state index contributed by atoms with van der Waals surface area (Å²) in [5.74, 6) is 1.07. The third-order valence-corrected chi connectivity index (χ3v) is 5.60. The van der Waals surface area contributed by atoms with E-state index in [1.54, 1.807) is 17.1 Å². The molecule has 148 valence electrons.